The maximum absolute atomic E-state index is 12.8. The van der Waals surface area contributed by atoms with Crippen molar-refractivity contribution in [3.63, 3.8) is 0 Å². The summed E-state index contributed by atoms with van der Waals surface area (Å²) in [7, 11) is -4.17. The van der Waals surface area contributed by atoms with Gasteiger partial charge in [0.05, 0.1) is 17.0 Å². The molecule has 10 heteroatoms. The first kappa shape index (κ1) is 18.0. The lowest BCUT2D eigenvalue weighted by Gasteiger charge is -2.07. The van der Waals surface area contributed by atoms with Crippen molar-refractivity contribution in [2.24, 2.45) is 0 Å². The normalized spacial score (nSPS) is 11.8. The molecule has 6 nitrogen and oxygen atoms in total. The van der Waals surface area contributed by atoms with Crippen LogP contribution in [0.1, 0.15) is 23.5 Å². The number of amides is 1. The fraction of sp³-hybridized carbons (Fsp3) is 0.286. The molecule has 2 aromatic rings. The molecule has 24 heavy (non-hydrogen) atoms. The van der Waals surface area contributed by atoms with Gasteiger partial charge >= 0.3 is 6.55 Å². The van der Waals surface area contributed by atoms with Crippen LogP contribution in [-0.2, 0) is 21.2 Å². The quantitative estimate of drug-likeness (QED) is 0.884. The van der Waals surface area contributed by atoms with Crippen molar-refractivity contribution in [2.45, 2.75) is 31.7 Å². The molecule has 1 N–H and O–H groups in total. The molecule has 1 heterocycles. The first-order valence-corrected chi connectivity index (χ1v) is 8.24. The molecule has 0 radical (unpaired) electrons. The number of halogens is 3. The van der Waals surface area contributed by atoms with Gasteiger partial charge in [0.25, 0.3) is 10.0 Å². The molecule has 1 aromatic carbocycles. The number of carbonyl (C=O) groups is 1. The molecule has 1 aromatic heterocycles. The van der Waals surface area contributed by atoms with E-state index in [2.05, 4.69) is 5.10 Å². The topological polar surface area (TPSA) is 81.1 Å². The summed E-state index contributed by atoms with van der Waals surface area (Å²) in [6.45, 7) is -0.0462. The number of aryl methyl sites for hydroxylation is 1. The lowest BCUT2D eigenvalue weighted by molar-refractivity contribution is -0.118. The zero-order valence-electron chi connectivity index (χ0n) is 12.8. The molecule has 0 saturated carbocycles. The fourth-order valence-corrected chi connectivity index (χ4v) is 3.15. The van der Waals surface area contributed by atoms with Gasteiger partial charge in [0, 0.05) is 11.3 Å². The van der Waals surface area contributed by atoms with E-state index in [0.717, 1.165) is 24.3 Å². The van der Waals surface area contributed by atoms with Gasteiger partial charge in [-0.15, -0.1) is 0 Å². The highest BCUT2D eigenvalue weighted by Crippen LogP contribution is 2.20. The van der Waals surface area contributed by atoms with E-state index in [9.17, 15) is 26.4 Å². The number of hydrogen-bond donors (Lipinski definition) is 1. The Balaban J connectivity index is 2.18. The van der Waals surface area contributed by atoms with Crippen LogP contribution < -0.4 is 4.72 Å². The summed E-state index contributed by atoms with van der Waals surface area (Å²) in [6, 6.07) is 3.91. The third-order valence-electron chi connectivity index (χ3n) is 3.37. The summed E-state index contributed by atoms with van der Waals surface area (Å²) < 4.78 is 64.7. The highest BCUT2D eigenvalue weighted by Gasteiger charge is 2.22. The van der Waals surface area contributed by atoms with Gasteiger partial charge in [-0.2, -0.15) is 13.9 Å². The summed E-state index contributed by atoms with van der Waals surface area (Å²) in [4.78, 5) is 11.7. The second-order valence-electron chi connectivity index (χ2n) is 5.03. The molecular weight excluding hydrogens is 347 g/mol. The van der Waals surface area contributed by atoms with Crippen LogP contribution in [0.4, 0.5) is 13.2 Å². The second-order valence-corrected chi connectivity index (χ2v) is 6.71. The number of carbonyl (C=O) groups excluding carboxylic acids is 1. The molecule has 0 unspecified atom stereocenters. The van der Waals surface area contributed by atoms with Crippen LogP contribution in [0.2, 0.25) is 0 Å². The predicted octanol–water partition coefficient (Wildman–Crippen LogP) is 2.08. The number of alkyl halides is 2. The molecule has 0 saturated heterocycles. The smallest absolute Gasteiger partial charge is 0.274 e. The van der Waals surface area contributed by atoms with Gasteiger partial charge in [0.1, 0.15) is 5.82 Å². The Morgan fingerprint density at radius 2 is 1.83 bits per heavy atom. The van der Waals surface area contributed by atoms with E-state index >= 15 is 0 Å². The first-order valence-electron chi connectivity index (χ1n) is 6.76. The van der Waals surface area contributed by atoms with Crippen LogP contribution in [0, 0.1) is 19.7 Å². The average Bonchev–Trinajstić information content (AvgIpc) is 2.75. The standard InChI is InChI=1S/C14H14F3N3O3S/c1-8-12(9(2)20(18-8)14(16)17)7-13(21)19-24(22,23)11-5-3-10(15)4-6-11/h3-6,14H,7H2,1-2H3,(H,19,21). The Morgan fingerprint density at radius 1 is 1.25 bits per heavy atom. The average molecular weight is 361 g/mol. The van der Waals surface area contributed by atoms with Crippen molar-refractivity contribution in [2.75, 3.05) is 0 Å². The Kier molecular flexibility index (Phi) is 4.97. The first-order chi connectivity index (χ1) is 11.1. The number of nitrogens with zero attached hydrogens (tertiary/aromatic N) is 2. The van der Waals surface area contributed by atoms with Crippen molar-refractivity contribution in [1.29, 1.82) is 0 Å². The molecule has 0 atom stereocenters. The lowest BCUT2D eigenvalue weighted by atomic mass is 10.1. The van der Waals surface area contributed by atoms with E-state index in [1.165, 1.54) is 13.8 Å². The zero-order valence-corrected chi connectivity index (χ0v) is 13.6. The molecule has 0 fully saturated rings. The van der Waals surface area contributed by atoms with E-state index in [1.807, 2.05) is 4.72 Å². The lowest BCUT2D eigenvalue weighted by Crippen LogP contribution is -2.32. The van der Waals surface area contributed by atoms with Gasteiger partial charge in [0.2, 0.25) is 5.91 Å². The van der Waals surface area contributed by atoms with E-state index in [1.54, 1.807) is 0 Å². The molecule has 130 valence electrons. The summed E-state index contributed by atoms with van der Waals surface area (Å²) in [6.07, 6.45) is -0.426. The number of benzene rings is 1. The molecule has 1 amide bonds. The summed E-state index contributed by atoms with van der Waals surface area (Å²) >= 11 is 0. The van der Waals surface area contributed by atoms with Crippen LogP contribution in [0.3, 0.4) is 0 Å². The molecule has 0 spiro atoms. The maximum atomic E-state index is 12.8. The summed E-state index contributed by atoms with van der Waals surface area (Å²) in [5.41, 5.74) is 0.515. The largest absolute Gasteiger partial charge is 0.333 e. The number of aromatic nitrogens is 2. The van der Waals surface area contributed by atoms with Gasteiger partial charge in [0.15, 0.2) is 0 Å². The number of sulfonamides is 1. The van der Waals surface area contributed by atoms with Gasteiger partial charge in [-0.3, -0.25) is 4.79 Å². The summed E-state index contributed by atoms with van der Waals surface area (Å²) in [5.74, 6) is -1.52. The van der Waals surface area contributed by atoms with Crippen molar-refractivity contribution < 1.29 is 26.4 Å². The molecule has 0 bridgehead atoms. The molecular formula is C14H14F3N3O3S. The SMILES string of the molecule is Cc1nn(C(F)F)c(C)c1CC(=O)NS(=O)(=O)c1ccc(F)cc1. The van der Waals surface area contributed by atoms with Gasteiger partial charge in [-0.25, -0.2) is 22.2 Å². The van der Waals surface area contributed by atoms with E-state index < -0.39 is 34.7 Å². The second kappa shape index (κ2) is 6.63. The minimum Gasteiger partial charge on any atom is -0.274 e. The highest BCUT2D eigenvalue weighted by molar-refractivity contribution is 7.90. The zero-order chi connectivity index (χ0) is 18.1. The van der Waals surface area contributed by atoms with Crippen molar-refractivity contribution in [3.05, 3.63) is 47.0 Å². The van der Waals surface area contributed by atoms with E-state index in [0.29, 0.717) is 4.68 Å². The van der Waals surface area contributed by atoms with Gasteiger partial charge in [-0.1, -0.05) is 0 Å². The number of rotatable bonds is 5. The molecule has 0 aliphatic heterocycles. The molecule has 0 aliphatic rings. The highest BCUT2D eigenvalue weighted by atomic mass is 32.2. The van der Waals surface area contributed by atoms with Crippen LogP contribution >= 0.6 is 0 Å². The van der Waals surface area contributed by atoms with E-state index in [-0.39, 0.29) is 21.8 Å². The molecule has 0 aliphatic carbocycles. The van der Waals surface area contributed by atoms with Crippen molar-refractivity contribution >= 4 is 15.9 Å². The minimum atomic E-state index is -4.17. The van der Waals surface area contributed by atoms with Crippen molar-refractivity contribution in [1.82, 2.24) is 14.5 Å². The third kappa shape index (κ3) is 3.75. The minimum absolute atomic E-state index is 0.0804. The van der Waals surface area contributed by atoms with Crippen LogP contribution in [0.5, 0.6) is 0 Å². The number of hydrogen-bond acceptors (Lipinski definition) is 4. The van der Waals surface area contributed by atoms with Crippen LogP contribution in [0.25, 0.3) is 0 Å². The Hall–Kier alpha value is -2.36. The van der Waals surface area contributed by atoms with Crippen LogP contribution in [-0.4, -0.2) is 24.1 Å². The Bertz CT molecular complexity index is 861. The Morgan fingerprint density at radius 3 is 2.33 bits per heavy atom. The Labute approximate surface area is 136 Å². The third-order valence-corrected chi connectivity index (χ3v) is 4.76. The summed E-state index contributed by atoms with van der Waals surface area (Å²) in [5, 5.41) is 3.62. The maximum Gasteiger partial charge on any atom is 0.333 e. The fourth-order valence-electron chi connectivity index (χ4n) is 2.16. The molecule has 2 rings (SSSR count). The van der Waals surface area contributed by atoms with Crippen molar-refractivity contribution in [3.8, 4) is 0 Å². The van der Waals surface area contributed by atoms with Gasteiger partial charge in [-0.05, 0) is 38.1 Å². The number of nitrogens with one attached hydrogen (secondary N) is 1. The van der Waals surface area contributed by atoms with Crippen LogP contribution in [0.15, 0.2) is 29.2 Å². The van der Waals surface area contributed by atoms with E-state index in [4.69, 9.17) is 0 Å². The predicted molar refractivity (Wildman–Crippen MR) is 78.4 cm³/mol. The van der Waals surface area contributed by atoms with Gasteiger partial charge < -0.3 is 0 Å². The monoisotopic (exact) mass is 361 g/mol.